The smallest absolute Gasteiger partial charge is 0.272 e. The number of hydrogen-bond donors (Lipinski definition) is 0. The van der Waals surface area contributed by atoms with Gasteiger partial charge in [0, 0.05) is 22.9 Å². The molecule has 0 aliphatic carbocycles. The summed E-state index contributed by atoms with van der Waals surface area (Å²) < 4.78 is 2.02. The molecule has 106 valence electrons. The zero-order valence-electron chi connectivity index (χ0n) is 12.1. The number of pyridine rings is 1. The highest BCUT2D eigenvalue weighted by molar-refractivity contribution is 5.68. The Bertz CT molecular complexity index is 865. The summed E-state index contributed by atoms with van der Waals surface area (Å²) in [6.07, 6.45) is 1.76. The minimum absolute atomic E-state index is 0.132. The van der Waals surface area contributed by atoms with Crippen LogP contribution in [0.1, 0.15) is 16.8 Å². The van der Waals surface area contributed by atoms with Gasteiger partial charge >= 0.3 is 0 Å². The van der Waals surface area contributed by atoms with Crippen LogP contribution in [0, 0.1) is 30.9 Å². The molecule has 5 nitrogen and oxygen atoms in total. The summed E-state index contributed by atoms with van der Waals surface area (Å²) in [5.41, 5.74) is 5.51. The van der Waals surface area contributed by atoms with Crippen LogP contribution >= 0.6 is 0 Å². The van der Waals surface area contributed by atoms with Crippen LogP contribution < -0.4 is 0 Å². The molecule has 0 radical (unpaired) electrons. The average molecular weight is 281 g/mol. The Labute approximate surface area is 122 Å². The third-order valence-electron chi connectivity index (χ3n) is 3.64. The van der Waals surface area contributed by atoms with E-state index in [0.29, 0.717) is 5.56 Å². The number of aromatic nitrogens is 2. The molecule has 0 amide bonds. The standard InChI is InChI=1S/C16H15N3O2/c1-10-6-12(3)18-15(9-17-16(18)7-10)13-5-4-11(2)14(8-13)19(20)21/h4-9H,1-3H3. The molecule has 0 atom stereocenters. The fourth-order valence-corrected chi connectivity index (χ4v) is 2.65. The highest BCUT2D eigenvalue weighted by Gasteiger charge is 2.15. The molecular weight excluding hydrogens is 266 g/mol. The number of benzene rings is 1. The molecule has 0 bridgehead atoms. The molecule has 0 fully saturated rings. The Morgan fingerprint density at radius 1 is 1.14 bits per heavy atom. The van der Waals surface area contributed by atoms with Crippen LogP contribution in [0.4, 0.5) is 5.69 Å². The van der Waals surface area contributed by atoms with Crippen LogP contribution in [0.25, 0.3) is 16.9 Å². The lowest BCUT2D eigenvalue weighted by Crippen LogP contribution is -1.96. The number of nitrogens with zero attached hydrogens (tertiary/aromatic N) is 3. The molecule has 1 aromatic carbocycles. The molecule has 2 heterocycles. The van der Waals surface area contributed by atoms with Crippen LogP contribution in [0.15, 0.2) is 36.5 Å². The second kappa shape index (κ2) is 4.70. The van der Waals surface area contributed by atoms with Gasteiger partial charge in [0.15, 0.2) is 0 Å². The van der Waals surface area contributed by atoms with E-state index in [1.165, 1.54) is 0 Å². The molecule has 0 saturated heterocycles. The molecule has 0 spiro atoms. The molecule has 21 heavy (non-hydrogen) atoms. The van der Waals surface area contributed by atoms with Gasteiger partial charge in [-0.1, -0.05) is 12.1 Å². The number of hydrogen-bond acceptors (Lipinski definition) is 3. The van der Waals surface area contributed by atoms with Gasteiger partial charge in [-0.05, 0) is 38.5 Å². The van der Waals surface area contributed by atoms with Gasteiger partial charge in [-0.3, -0.25) is 14.5 Å². The van der Waals surface area contributed by atoms with Gasteiger partial charge in [-0.2, -0.15) is 0 Å². The molecular formula is C16H15N3O2. The number of rotatable bonds is 2. The summed E-state index contributed by atoms with van der Waals surface area (Å²) in [6.45, 7) is 5.77. The third-order valence-corrected chi connectivity index (χ3v) is 3.64. The lowest BCUT2D eigenvalue weighted by molar-refractivity contribution is -0.385. The second-order valence-electron chi connectivity index (χ2n) is 5.27. The van der Waals surface area contributed by atoms with Crippen molar-refractivity contribution in [2.75, 3.05) is 0 Å². The predicted octanol–water partition coefficient (Wildman–Crippen LogP) is 3.83. The minimum Gasteiger partial charge on any atom is -0.297 e. The number of nitro groups is 1. The summed E-state index contributed by atoms with van der Waals surface area (Å²) in [6, 6.07) is 9.35. The van der Waals surface area contributed by atoms with Crippen molar-refractivity contribution in [3.05, 3.63) is 63.5 Å². The predicted molar refractivity (Wildman–Crippen MR) is 81.5 cm³/mol. The highest BCUT2D eigenvalue weighted by Crippen LogP contribution is 2.28. The van der Waals surface area contributed by atoms with Gasteiger partial charge in [0.05, 0.1) is 16.8 Å². The summed E-state index contributed by atoms with van der Waals surface area (Å²) in [4.78, 5) is 15.2. The zero-order valence-corrected chi connectivity index (χ0v) is 12.1. The topological polar surface area (TPSA) is 60.4 Å². The Hall–Kier alpha value is -2.69. The van der Waals surface area contributed by atoms with Crippen molar-refractivity contribution in [3.8, 4) is 11.3 Å². The maximum Gasteiger partial charge on any atom is 0.272 e. The Morgan fingerprint density at radius 2 is 1.90 bits per heavy atom. The summed E-state index contributed by atoms with van der Waals surface area (Å²) in [5.74, 6) is 0. The first-order chi connectivity index (χ1) is 9.97. The van der Waals surface area contributed by atoms with E-state index in [-0.39, 0.29) is 10.6 Å². The van der Waals surface area contributed by atoms with Crippen molar-refractivity contribution in [1.82, 2.24) is 9.38 Å². The molecule has 0 unspecified atom stereocenters. The van der Waals surface area contributed by atoms with Crippen molar-refractivity contribution in [2.45, 2.75) is 20.8 Å². The average Bonchev–Trinajstić information content (AvgIpc) is 2.82. The molecule has 5 heteroatoms. The third kappa shape index (κ3) is 2.16. The monoisotopic (exact) mass is 281 g/mol. The van der Waals surface area contributed by atoms with E-state index in [4.69, 9.17) is 0 Å². The maximum atomic E-state index is 11.1. The van der Waals surface area contributed by atoms with Gasteiger partial charge in [-0.15, -0.1) is 0 Å². The van der Waals surface area contributed by atoms with Gasteiger partial charge in [0.25, 0.3) is 5.69 Å². The van der Waals surface area contributed by atoms with E-state index < -0.39 is 0 Å². The van der Waals surface area contributed by atoms with Gasteiger partial charge in [0.1, 0.15) is 5.65 Å². The number of nitro benzene ring substituents is 1. The van der Waals surface area contributed by atoms with E-state index in [2.05, 4.69) is 11.1 Å². The van der Waals surface area contributed by atoms with Crippen LogP contribution in [-0.4, -0.2) is 14.3 Å². The van der Waals surface area contributed by atoms with Crippen LogP contribution in [0.3, 0.4) is 0 Å². The Morgan fingerprint density at radius 3 is 2.62 bits per heavy atom. The zero-order chi connectivity index (χ0) is 15.1. The summed E-state index contributed by atoms with van der Waals surface area (Å²) in [5, 5.41) is 11.1. The van der Waals surface area contributed by atoms with Crippen molar-refractivity contribution in [3.63, 3.8) is 0 Å². The van der Waals surface area contributed by atoms with E-state index in [1.54, 1.807) is 25.3 Å². The number of imidazole rings is 1. The molecule has 3 aromatic rings. The Kier molecular flexibility index (Phi) is 2.97. The minimum atomic E-state index is -0.348. The largest absolute Gasteiger partial charge is 0.297 e. The first kappa shape index (κ1) is 13.3. The van der Waals surface area contributed by atoms with E-state index >= 15 is 0 Å². The molecule has 0 aliphatic heterocycles. The summed E-state index contributed by atoms with van der Waals surface area (Å²) >= 11 is 0. The molecule has 0 N–H and O–H groups in total. The van der Waals surface area contributed by atoms with Crippen molar-refractivity contribution in [1.29, 1.82) is 0 Å². The Balaban J connectivity index is 2.26. The van der Waals surface area contributed by atoms with Gasteiger partial charge in [0.2, 0.25) is 0 Å². The summed E-state index contributed by atoms with van der Waals surface area (Å²) in [7, 11) is 0. The van der Waals surface area contributed by atoms with Crippen LogP contribution in [-0.2, 0) is 0 Å². The number of fused-ring (bicyclic) bond motifs is 1. The quantitative estimate of drug-likeness (QED) is 0.529. The van der Waals surface area contributed by atoms with Crippen molar-refractivity contribution in [2.24, 2.45) is 0 Å². The van der Waals surface area contributed by atoms with Crippen molar-refractivity contribution < 1.29 is 4.92 Å². The molecule has 0 saturated carbocycles. The lowest BCUT2D eigenvalue weighted by Gasteiger charge is -2.07. The first-order valence-corrected chi connectivity index (χ1v) is 6.67. The van der Waals surface area contributed by atoms with Crippen LogP contribution in [0.2, 0.25) is 0 Å². The fourth-order valence-electron chi connectivity index (χ4n) is 2.65. The van der Waals surface area contributed by atoms with E-state index in [1.807, 2.05) is 30.4 Å². The lowest BCUT2D eigenvalue weighted by atomic mass is 10.1. The maximum absolute atomic E-state index is 11.1. The first-order valence-electron chi connectivity index (χ1n) is 6.67. The number of aryl methyl sites for hydroxylation is 3. The van der Waals surface area contributed by atoms with Crippen LogP contribution in [0.5, 0.6) is 0 Å². The highest BCUT2D eigenvalue weighted by atomic mass is 16.6. The molecule has 0 aliphatic rings. The molecule has 3 rings (SSSR count). The molecule has 2 aromatic heterocycles. The van der Waals surface area contributed by atoms with E-state index in [0.717, 1.165) is 28.2 Å². The van der Waals surface area contributed by atoms with E-state index in [9.17, 15) is 10.1 Å². The fraction of sp³-hybridized carbons (Fsp3) is 0.188. The SMILES string of the molecule is Cc1cc(C)n2c(-c3ccc(C)c([N+](=O)[O-])c3)cnc2c1. The second-order valence-corrected chi connectivity index (χ2v) is 5.27. The normalized spacial score (nSPS) is 11.0. The van der Waals surface area contributed by atoms with Crippen molar-refractivity contribution >= 4 is 11.3 Å². The van der Waals surface area contributed by atoms with Gasteiger partial charge < -0.3 is 0 Å². The van der Waals surface area contributed by atoms with Gasteiger partial charge in [-0.25, -0.2) is 4.98 Å².